The van der Waals surface area contributed by atoms with E-state index in [1.54, 1.807) is 13.0 Å². The first-order valence-corrected chi connectivity index (χ1v) is 7.14. The summed E-state index contributed by atoms with van der Waals surface area (Å²) in [7, 11) is 0. The van der Waals surface area contributed by atoms with Gasteiger partial charge in [-0.05, 0) is 42.3 Å². The molecule has 0 aliphatic rings. The molecular formula is C14H20BrNO3. The van der Waals surface area contributed by atoms with Gasteiger partial charge in [0.25, 0.3) is 5.91 Å². The Hall–Kier alpha value is -1.07. The topological polar surface area (TPSA) is 58.6 Å². The number of hydrogen-bond acceptors (Lipinski definition) is 3. The summed E-state index contributed by atoms with van der Waals surface area (Å²) < 4.78 is 6.38. The van der Waals surface area contributed by atoms with Gasteiger partial charge in [0.2, 0.25) is 0 Å². The first kappa shape index (κ1) is 16.0. The monoisotopic (exact) mass is 329 g/mol. The Kier molecular flexibility index (Phi) is 6.31. The van der Waals surface area contributed by atoms with Crippen molar-refractivity contribution in [2.75, 3.05) is 0 Å². The highest BCUT2D eigenvalue weighted by Gasteiger charge is 2.18. The average molecular weight is 330 g/mol. The maximum Gasteiger partial charge on any atom is 0.260 e. The highest BCUT2D eigenvalue weighted by molar-refractivity contribution is 9.10. The molecule has 0 aliphatic carbocycles. The molecule has 1 amide bonds. The fourth-order valence-corrected chi connectivity index (χ4v) is 2.00. The summed E-state index contributed by atoms with van der Waals surface area (Å²) in [6, 6.07) is 5.51. The molecule has 2 N–H and O–H groups in total. The molecule has 0 heterocycles. The quantitative estimate of drug-likeness (QED) is 0.843. The van der Waals surface area contributed by atoms with Crippen LogP contribution < -0.4 is 10.1 Å². The van der Waals surface area contributed by atoms with Crippen LogP contribution in [-0.4, -0.2) is 23.2 Å². The molecule has 1 rings (SSSR count). The lowest BCUT2D eigenvalue weighted by molar-refractivity contribution is -0.127. The largest absolute Gasteiger partial charge is 0.479 e. The van der Waals surface area contributed by atoms with Gasteiger partial charge in [0.15, 0.2) is 6.10 Å². The van der Waals surface area contributed by atoms with E-state index in [1.807, 2.05) is 26.0 Å². The minimum absolute atomic E-state index is 0.120. The normalized spacial score (nSPS) is 13.7. The molecule has 106 valence electrons. The second kappa shape index (κ2) is 7.50. The third-order valence-electron chi connectivity index (χ3n) is 2.88. The van der Waals surface area contributed by atoms with E-state index in [1.165, 1.54) is 0 Å². The zero-order chi connectivity index (χ0) is 14.4. The SMILES string of the molecule is CCC(C)NC(=O)C(C)Oc1c(Br)cccc1CO. The molecule has 0 aromatic heterocycles. The van der Waals surface area contributed by atoms with Crippen molar-refractivity contribution in [3.8, 4) is 5.75 Å². The van der Waals surface area contributed by atoms with Gasteiger partial charge in [-0.15, -0.1) is 0 Å². The van der Waals surface area contributed by atoms with Crippen LogP contribution >= 0.6 is 15.9 Å². The standard InChI is InChI=1S/C14H20BrNO3/c1-4-9(2)16-14(18)10(3)19-13-11(8-17)6-5-7-12(13)15/h5-7,9-10,17H,4,8H2,1-3H3,(H,16,18). The molecule has 19 heavy (non-hydrogen) atoms. The Morgan fingerprint density at radius 1 is 1.47 bits per heavy atom. The van der Waals surface area contributed by atoms with Crippen LogP contribution in [0.2, 0.25) is 0 Å². The van der Waals surface area contributed by atoms with Gasteiger partial charge >= 0.3 is 0 Å². The number of carbonyl (C=O) groups is 1. The van der Waals surface area contributed by atoms with Crippen LogP contribution in [0.15, 0.2) is 22.7 Å². The van der Waals surface area contributed by atoms with Gasteiger partial charge in [0.1, 0.15) is 5.75 Å². The maximum atomic E-state index is 11.9. The summed E-state index contributed by atoms with van der Waals surface area (Å²) in [5.41, 5.74) is 0.651. The Bertz CT molecular complexity index is 437. The van der Waals surface area contributed by atoms with Crippen LogP contribution in [0.5, 0.6) is 5.75 Å². The van der Waals surface area contributed by atoms with Gasteiger partial charge < -0.3 is 15.2 Å². The molecule has 0 radical (unpaired) electrons. The van der Waals surface area contributed by atoms with Gasteiger partial charge in [-0.3, -0.25) is 4.79 Å². The van der Waals surface area contributed by atoms with Crippen LogP contribution in [0, 0.1) is 0 Å². The minimum Gasteiger partial charge on any atom is -0.479 e. The van der Waals surface area contributed by atoms with Crippen molar-refractivity contribution in [3.05, 3.63) is 28.2 Å². The minimum atomic E-state index is -0.613. The fraction of sp³-hybridized carbons (Fsp3) is 0.500. The lowest BCUT2D eigenvalue weighted by Gasteiger charge is -2.19. The molecule has 4 nitrogen and oxygen atoms in total. The highest BCUT2D eigenvalue weighted by atomic mass is 79.9. The summed E-state index contributed by atoms with van der Waals surface area (Å²) in [6.07, 6.45) is 0.257. The third kappa shape index (κ3) is 4.51. The molecule has 0 fully saturated rings. The van der Waals surface area contributed by atoms with Gasteiger partial charge in [-0.25, -0.2) is 0 Å². The van der Waals surface area contributed by atoms with E-state index in [4.69, 9.17) is 4.74 Å². The Morgan fingerprint density at radius 2 is 2.16 bits per heavy atom. The third-order valence-corrected chi connectivity index (χ3v) is 3.51. The van der Waals surface area contributed by atoms with Crippen LogP contribution in [0.3, 0.4) is 0 Å². The van der Waals surface area contributed by atoms with Crippen molar-refractivity contribution in [1.82, 2.24) is 5.32 Å². The smallest absolute Gasteiger partial charge is 0.260 e. The van der Waals surface area contributed by atoms with E-state index in [9.17, 15) is 9.90 Å². The number of nitrogens with one attached hydrogen (secondary N) is 1. The number of ether oxygens (including phenoxy) is 1. The second-order valence-electron chi connectivity index (χ2n) is 4.46. The molecule has 2 atom stereocenters. The second-order valence-corrected chi connectivity index (χ2v) is 5.32. The number of aliphatic hydroxyl groups is 1. The van der Waals surface area contributed by atoms with Crippen LogP contribution in [0.4, 0.5) is 0 Å². The van der Waals surface area contributed by atoms with Crippen molar-refractivity contribution >= 4 is 21.8 Å². The number of amides is 1. The molecule has 1 aromatic carbocycles. The summed E-state index contributed by atoms with van der Waals surface area (Å²) in [5, 5.41) is 12.1. The number of rotatable bonds is 6. The number of carbonyl (C=O) groups excluding carboxylic acids is 1. The van der Waals surface area contributed by atoms with Gasteiger partial charge in [-0.1, -0.05) is 19.1 Å². The number of benzene rings is 1. The molecule has 2 unspecified atom stereocenters. The zero-order valence-electron chi connectivity index (χ0n) is 11.4. The molecule has 5 heteroatoms. The fourth-order valence-electron chi connectivity index (χ4n) is 1.50. The number of halogens is 1. The highest BCUT2D eigenvalue weighted by Crippen LogP contribution is 2.30. The lowest BCUT2D eigenvalue weighted by atomic mass is 10.2. The zero-order valence-corrected chi connectivity index (χ0v) is 13.0. The first-order valence-electron chi connectivity index (χ1n) is 6.34. The summed E-state index contributed by atoms with van der Waals surface area (Å²) in [6.45, 7) is 5.52. The molecule has 0 aliphatic heterocycles. The predicted octanol–water partition coefficient (Wildman–Crippen LogP) is 2.62. The van der Waals surface area contributed by atoms with Crippen molar-refractivity contribution in [2.45, 2.75) is 45.9 Å². The summed E-state index contributed by atoms with van der Waals surface area (Å²) in [4.78, 5) is 11.9. The average Bonchev–Trinajstić information content (AvgIpc) is 2.40. The van der Waals surface area contributed by atoms with Crippen LogP contribution in [0.25, 0.3) is 0 Å². The Labute approximate surface area is 122 Å². The van der Waals surface area contributed by atoms with E-state index in [-0.39, 0.29) is 18.6 Å². The maximum absolute atomic E-state index is 11.9. The van der Waals surface area contributed by atoms with Crippen LogP contribution in [0.1, 0.15) is 32.8 Å². The van der Waals surface area contributed by atoms with Crippen LogP contribution in [-0.2, 0) is 11.4 Å². The van der Waals surface area contributed by atoms with E-state index >= 15 is 0 Å². The number of para-hydroxylation sites is 1. The van der Waals surface area contributed by atoms with E-state index in [2.05, 4.69) is 21.2 Å². The van der Waals surface area contributed by atoms with Crippen molar-refractivity contribution in [2.24, 2.45) is 0 Å². The molecule has 0 saturated heterocycles. The molecule has 1 aromatic rings. The van der Waals surface area contributed by atoms with E-state index in [0.29, 0.717) is 11.3 Å². The summed E-state index contributed by atoms with van der Waals surface area (Å²) in [5.74, 6) is 0.353. The number of aliphatic hydroxyl groups excluding tert-OH is 1. The molecular weight excluding hydrogens is 310 g/mol. The molecule has 0 saturated carbocycles. The van der Waals surface area contributed by atoms with E-state index < -0.39 is 6.10 Å². The summed E-state index contributed by atoms with van der Waals surface area (Å²) >= 11 is 3.36. The predicted molar refractivity (Wildman–Crippen MR) is 78.1 cm³/mol. The van der Waals surface area contributed by atoms with Crippen molar-refractivity contribution in [3.63, 3.8) is 0 Å². The first-order chi connectivity index (χ1) is 8.99. The van der Waals surface area contributed by atoms with Crippen molar-refractivity contribution in [1.29, 1.82) is 0 Å². The molecule has 0 bridgehead atoms. The Balaban J connectivity index is 2.76. The van der Waals surface area contributed by atoms with Gasteiger partial charge in [-0.2, -0.15) is 0 Å². The van der Waals surface area contributed by atoms with Crippen molar-refractivity contribution < 1.29 is 14.6 Å². The van der Waals surface area contributed by atoms with Gasteiger partial charge in [0.05, 0.1) is 11.1 Å². The lowest BCUT2D eigenvalue weighted by Crippen LogP contribution is -2.41. The Morgan fingerprint density at radius 3 is 2.74 bits per heavy atom. The number of hydrogen-bond donors (Lipinski definition) is 2. The molecule has 0 spiro atoms. The van der Waals surface area contributed by atoms with Gasteiger partial charge in [0, 0.05) is 11.6 Å². The van der Waals surface area contributed by atoms with E-state index in [0.717, 1.165) is 10.9 Å².